The Morgan fingerprint density at radius 2 is 1.97 bits per heavy atom. The quantitative estimate of drug-likeness (QED) is 0.448. The van der Waals surface area contributed by atoms with Gasteiger partial charge in [0.2, 0.25) is 5.91 Å². The number of halogens is 3. The number of nitrogens with zero attached hydrogens (tertiary/aromatic N) is 3. The second-order valence-corrected chi connectivity index (χ2v) is 8.84. The molecule has 0 aliphatic heterocycles. The predicted octanol–water partition coefficient (Wildman–Crippen LogP) is 4.39. The zero-order valence-corrected chi connectivity index (χ0v) is 19.9. The Kier molecular flexibility index (Phi) is 7.62. The van der Waals surface area contributed by atoms with Crippen molar-refractivity contribution in [3.8, 4) is 0 Å². The normalized spacial score (nSPS) is 11.8. The lowest BCUT2D eigenvalue weighted by Gasteiger charge is -2.14. The molecule has 2 N–H and O–H groups in total. The molecule has 32 heavy (non-hydrogen) atoms. The van der Waals surface area contributed by atoms with Gasteiger partial charge in [0, 0.05) is 23.2 Å². The first-order valence-electron chi connectivity index (χ1n) is 9.49. The van der Waals surface area contributed by atoms with Crippen LogP contribution < -0.4 is 10.6 Å². The van der Waals surface area contributed by atoms with E-state index in [1.54, 1.807) is 30.7 Å². The summed E-state index contributed by atoms with van der Waals surface area (Å²) in [6.07, 6.45) is 0. The van der Waals surface area contributed by atoms with Crippen LogP contribution in [0.1, 0.15) is 34.7 Å². The van der Waals surface area contributed by atoms with E-state index >= 15 is 0 Å². The maximum Gasteiger partial charge on any atom is 0.251 e. The van der Waals surface area contributed by atoms with Crippen molar-refractivity contribution < 1.29 is 18.4 Å². The Hall–Kier alpha value is -2.79. The third-order valence-corrected chi connectivity index (χ3v) is 6.13. The van der Waals surface area contributed by atoms with E-state index in [-0.39, 0.29) is 21.8 Å². The Balaban J connectivity index is 1.61. The van der Waals surface area contributed by atoms with E-state index in [1.165, 1.54) is 0 Å². The summed E-state index contributed by atoms with van der Waals surface area (Å²) in [6, 6.07) is 8.57. The molecule has 0 saturated heterocycles. The van der Waals surface area contributed by atoms with Crippen molar-refractivity contribution in [2.45, 2.75) is 25.0 Å². The van der Waals surface area contributed by atoms with Crippen molar-refractivity contribution in [1.29, 1.82) is 0 Å². The van der Waals surface area contributed by atoms with Gasteiger partial charge in [-0.1, -0.05) is 29.5 Å². The van der Waals surface area contributed by atoms with Crippen molar-refractivity contribution in [2.24, 2.45) is 7.05 Å². The smallest absolute Gasteiger partial charge is 0.251 e. The van der Waals surface area contributed by atoms with Crippen LogP contribution in [-0.2, 0) is 11.8 Å². The number of rotatable bonds is 7. The van der Waals surface area contributed by atoms with Gasteiger partial charge in [0.1, 0.15) is 5.82 Å². The third kappa shape index (κ3) is 5.71. The summed E-state index contributed by atoms with van der Waals surface area (Å²) in [5, 5.41) is 13.9. The molecule has 11 heteroatoms. The van der Waals surface area contributed by atoms with Gasteiger partial charge in [-0.05, 0) is 48.0 Å². The van der Waals surface area contributed by atoms with E-state index < -0.39 is 23.6 Å². The fraction of sp³-hybridized carbons (Fsp3) is 0.238. The van der Waals surface area contributed by atoms with Gasteiger partial charge in [0.25, 0.3) is 5.91 Å². The number of benzene rings is 2. The summed E-state index contributed by atoms with van der Waals surface area (Å²) in [5.74, 6) is -1.91. The van der Waals surface area contributed by atoms with E-state index in [0.29, 0.717) is 22.6 Å². The highest BCUT2D eigenvalue weighted by molar-refractivity contribution is 9.10. The van der Waals surface area contributed by atoms with Crippen LogP contribution in [0.15, 0.2) is 46.0 Å². The zero-order chi connectivity index (χ0) is 23.4. The number of anilines is 1. The van der Waals surface area contributed by atoms with Gasteiger partial charge in [-0.3, -0.25) is 9.59 Å². The van der Waals surface area contributed by atoms with Gasteiger partial charge in [0.05, 0.1) is 17.5 Å². The lowest BCUT2D eigenvalue weighted by molar-refractivity contribution is -0.113. The van der Waals surface area contributed by atoms with Gasteiger partial charge < -0.3 is 15.2 Å². The molecular formula is C21H20BrF2N5O2S. The number of aromatic nitrogens is 3. The molecule has 1 heterocycles. The van der Waals surface area contributed by atoms with Crippen LogP contribution in [0.3, 0.4) is 0 Å². The first-order valence-corrected chi connectivity index (χ1v) is 11.3. The van der Waals surface area contributed by atoms with E-state index in [9.17, 15) is 18.4 Å². The fourth-order valence-corrected chi connectivity index (χ4v) is 4.15. The topological polar surface area (TPSA) is 88.9 Å². The largest absolute Gasteiger partial charge is 0.342 e. The number of thioether (sulfide) groups is 1. The maximum absolute atomic E-state index is 13.9. The van der Waals surface area contributed by atoms with Crippen molar-refractivity contribution in [3.63, 3.8) is 0 Å². The van der Waals surface area contributed by atoms with Gasteiger partial charge in [-0.2, -0.15) is 0 Å². The van der Waals surface area contributed by atoms with E-state index in [4.69, 9.17) is 0 Å². The fourth-order valence-electron chi connectivity index (χ4n) is 2.93. The maximum atomic E-state index is 13.9. The van der Waals surface area contributed by atoms with E-state index in [2.05, 4.69) is 36.8 Å². The van der Waals surface area contributed by atoms with Gasteiger partial charge >= 0.3 is 0 Å². The zero-order valence-electron chi connectivity index (χ0n) is 17.4. The highest BCUT2D eigenvalue weighted by atomic mass is 79.9. The van der Waals surface area contributed by atoms with E-state index in [0.717, 1.165) is 23.4 Å². The first-order chi connectivity index (χ1) is 15.2. The van der Waals surface area contributed by atoms with Gasteiger partial charge in [0.15, 0.2) is 16.8 Å². The molecule has 1 atom stereocenters. The van der Waals surface area contributed by atoms with Crippen molar-refractivity contribution in [1.82, 2.24) is 20.1 Å². The summed E-state index contributed by atoms with van der Waals surface area (Å²) in [7, 11) is 1.72. The second kappa shape index (κ2) is 10.2. The molecule has 0 aliphatic rings. The summed E-state index contributed by atoms with van der Waals surface area (Å²) < 4.78 is 28.9. The molecule has 3 rings (SSSR count). The molecular weight excluding hydrogens is 504 g/mol. The number of carbonyl (C=O) groups excluding carboxylic acids is 2. The lowest BCUT2D eigenvalue weighted by Crippen LogP contribution is -2.28. The standard InChI is InChI=1S/C21H20BrF2N5O2S/c1-11-5-4-6-13(7-11)20(31)25-12(2)19-27-28-21(29(19)3)32-10-17(30)26-18-15(22)8-14(23)9-16(18)24/h4-9,12H,10H2,1-3H3,(H,25,31)(H,26,30)/t12-/m0/s1. The minimum Gasteiger partial charge on any atom is -0.342 e. The molecule has 0 unspecified atom stereocenters. The van der Waals surface area contributed by atoms with Crippen molar-refractivity contribution in [2.75, 3.05) is 11.1 Å². The third-order valence-electron chi connectivity index (χ3n) is 4.49. The molecule has 0 radical (unpaired) electrons. The lowest BCUT2D eigenvalue weighted by atomic mass is 10.1. The Morgan fingerprint density at radius 3 is 2.66 bits per heavy atom. The molecule has 0 saturated carbocycles. The molecule has 2 amide bonds. The summed E-state index contributed by atoms with van der Waals surface area (Å²) in [6.45, 7) is 3.69. The molecule has 2 aromatic carbocycles. The number of amides is 2. The van der Waals surface area contributed by atoms with Crippen LogP contribution in [0.5, 0.6) is 0 Å². The Labute approximate surface area is 196 Å². The van der Waals surface area contributed by atoms with Crippen LogP contribution in [0.25, 0.3) is 0 Å². The number of hydrogen-bond acceptors (Lipinski definition) is 5. The first kappa shape index (κ1) is 23.9. The summed E-state index contributed by atoms with van der Waals surface area (Å²) in [5.41, 5.74) is 1.39. The van der Waals surface area contributed by atoms with Crippen molar-refractivity contribution in [3.05, 3.63) is 69.5 Å². The molecule has 168 valence electrons. The number of nitrogens with one attached hydrogen (secondary N) is 2. The van der Waals surface area contributed by atoms with Crippen LogP contribution in [-0.4, -0.2) is 32.3 Å². The molecule has 3 aromatic rings. The molecule has 0 fully saturated rings. The average Bonchev–Trinajstić information content (AvgIpc) is 3.09. The van der Waals surface area contributed by atoms with Crippen LogP contribution in [0, 0.1) is 18.6 Å². The predicted molar refractivity (Wildman–Crippen MR) is 121 cm³/mol. The van der Waals surface area contributed by atoms with Crippen molar-refractivity contribution >= 4 is 45.2 Å². The Bertz CT molecular complexity index is 1150. The molecule has 0 bridgehead atoms. The Morgan fingerprint density at radius 1 is 1.22 bits per heavy atom. The highest BCUT2D eigenvalue weighted by Gasteiger charge is 2.20. The monoisotopic (exact) mass is 523 g/mol. The van der Waals surface area contributed by atoms with Crippen LogP contribution >= 0.6 is 27.7 Å². The minimum absolute atomic E-state index is 0.0702. The molecule has 0 spiro atoms. The number of hydrogen-bond donors (Lipinski definition) is 2. The second-order valence-electron chi connectivity index (χ2n) is 7.05. The van der Waals surface area contributed by atoms with E-state index in [1.807, 2.05) is 19.1 Å². The average molecular weight is 524 g/mol. The molecule has 1 aromatic heterocycles. The molecule has 7 nitrogen and oxygen atoms in total. The SMILES string of the molecule is Cc1cccc(C(=O)N[C@@H](C)c2nnc(SCC(=O)Nc3c(F)cc(F)cc3Br)n2C)c1. The van der Waals surface area contributed by atoms with Crippen LogP contribution in [0.4, 0.5) is 14.5 Å². The number of aryl methyl sites for hydroxylation is 1. The molecule has 0 aliphatic carbocycles. The van der Waals surface area contributed by atoms with Crippen LogP contribution in [0.2, 0.25) is 0 Å². The minimum atomic E-state index is -0.880. The van der Waals surface area contributed by atoms with Gasteiger partial charge in [-0.15, -0.1) is 10.2 Å². The highest BCUT2D eigenvalue weighted by Crippen LogP contribution is 2.27. The summed E-state index contributed by atoms with van der Waals surface area (Å²) in [4.78, 5) is 24.7. The van der Waals surface area contributed by atoms with Gasteiger partial charge in [-0.25, -0.2) is 8.78 Å². The summed E-state index contributed by atoms with van der Waals surface area (Å²) >= 11 is 4.13. The number of carbonyl (C=O) groups is 2.